The average Bonchev–Trinajstić information content (AvgIpc) is 2.63. The number of aromatic nitrogens is 1. The van der Waals surface area contributed by atoms with E-state index < -0.39 is 0 Å². The second kappa shape index (κ2) is 7.34. The number of carbonyl (C=O) groups is 1. The summed E-state index contributed by atoms with van der Waals surface area (Å²) in [4.78, 5) is 24.8. The van der Waals surface area contributed by atoms with Gasteiger partial charge in [0.05, 0.1) is 11.6 Å². The fourth-order valence-corrected chi connectivity index (χ4v) is 3.05. The molecule has 25 heavy (non-hydrogen) atoms. The molecule has 0 radical (unpaired) electrons. The lowest BCUT2D eigenvalue weighted by Gasteiger charge is -2.15. The van der Waals surface area contributed by atoms with Gasteiger partial charge in [0.15, 0.2) is 0 Å². The van der Waals surface area contributed by atoms with E-state index in [-0.39, 0.29) is 23.9 Å². The summed E-state index contributed by atoms with van der Waals surface area (Å²) in [6.45, 7) is 4.14. The Morgan fingerprint density at radius 1 is 1.08 bits per heavy atom. The SMILES string of the molecule is Cc1cc2ccccc2n(CCC(=O)NC(C)c2ccccc2)c1=O. The van der Waals surface area contributed by atoms with E-state index in [0.29, 0.717) is 12.1 Å². The number of hydrogen-bond acceptors (Lipinski definition) is 2. The summed E-state index contributed by atoms with van der Waals surface area (Å²) in [5.41, 5.74) is 2.58. The molecule has 0 fully saturated rings. The van der Waals surface area contributed by atoms with Gasteiger partial charge >= 0.3 is 0 Å². The van der Waals surface area contributed by atoms with Crippen molar-refractivity contribution in [2.75, 3.05) is 0 Å². The first-order valence-corrected chi connectivity index (χ1v) is 8.50. The van der Waals surface area contributed by atoms with Crippen molar-refractivity contribution in [1.82, 2.24) is 9.88 Å². The van der Waals surface area contributed by atoms with Crippen LogP contribution in [-0.4, -0.2) is 10.5 Å². The van der Waals surface area contributed by atoms with E-state index in [0.717, 1.165) is 16.5 Å². The van der Waals surface area contributed by atoms with Crippen LogP contribution in [0.2, 0.25) is 0 Å². The highest BCUT2D eigenvalue weighted by atomic mass is 16.2. The number of para-hydroxylation sites is 1. The van der Waals surface area contributed by atoms with Gasteiger partial charge in [-0.05, 0) is 36.9 Å². The molecule has 0 aliphatic carbocycles. The van der Waals surface area contributed by atoms with Crippen molar-refractivity contribution in [1.29, 1.82) is 0 Å². The first kappa shape index (κ1) is 17.0. The van der Waals surface area contributed by atoms with E-state index in [4.69, 9.17) is 0 Å². The van der Waals surface area contributed by atoms with Crippen LogP contribution in [0, 0.1) is 6.92 Å². The molecule has 2 aromatic carbocycles. The molecule has 0 aliphatic rings. The van der Waals surface area contributed by atoms with Crippen LogP contribution in [0.15, 0.2) is 65.5 Å². The van der Waals surface area contributed by atoms with E-state index in [1.165, 1.54) is 0 Å². The van der Waals surface area contributed by atoms with E-state index in [1.807, 2.05) is 74.5 Å². The molecule has 0 spiro atoms. The van der Waals surface area contributed by atoms with Crippen molar-refractivity contribution < 1.29 is 4.79 Å². The second-order valence-corrected chi connectivity index (χ2v) is 6.29. The molecule has 0 saturated carbocycles. The molecule has 1 heterocycles. The predicted octanol–water partition coefficient (Wildman–Crippen LogP) is 3.58. The zero-order valence-electron chi connectivity index (χ0n) is 14.5. The fraction of sp³-hybridized carbons (Fsp3) is 0.238. The van der Waals surface area contributed by atoms with E-state index >= 15 is 0 Å². The highest BCUT2D eigenvalue weighted by molar-refractivity contribution is 5.80. The van der Waals surface area contributed by atoms with E-state index in [9.17, 15) is 9.59 Å². The Balaban J connectivity index is 1.73. The predicted molar refractivity (Wildman–Crippen MR) is 101 cm³/mol. The molecule has 4 nitrogen and oxygen atoms in total. The lowest BCUT2D eigenvalue weighted by Crippen LogP contribution is -2.30. The molecule has 1 N–H and O–H groups in total. The number of benzene rings is 2. The maximum atomic E-state index is 12.5. The number of fused-ring (bicyclic) bond motifs is 1. The summed E-state index contributed by atoms with van der Waals surface area (Å²) in [6.07, 6.45) is 0.268. The molecule has 1 unspecified atom stereocenters. The molecule has 3 rings (SSSR count). The third-order valence-corrected chi connectivity index (χ3v) is 4.42. The summed E-state index contributed by atoms with van der Waals surface area (Å²) in [5, 5.41) is 4.01. The van der Waals surface area contributed by atoms with Crippen molar-refractivity contribution >= 4 is 16.8 Å². The summed E-state index contributed by atoms with van der Waals surface area (Å²) in [7, 11) is 0. The lowest BCUT2D eigenvalue weighted by molar-refractivity contribution is -0.121. The van der Waals surface area contributed by atoms with Crippen molar-refractivity contribution in [3.05, 3.63) is 82.1 Å². The third-order valence-electron chi connectivity index (χ3n) is 4.42. The molecule has 1 amide bonds. The molecule has 128 valence electrons. The Hall–Kier alpha value is -2.88. The van der Waals surface area contributed by atoms with Crippen LogP contribution in [0.1, 0.15) is 30.5 Å². The lowest BCUT2D eigenvalue weighted by atomic mass is 10.1. The molecule has 4 heteroatoms. The molecule has 0 aliphatic heterocycles. The number of hydrogen-bond donors (Lipinski definition) is 1. The topological polar surface area (TPSA) is 51.1 Å². The van der Waals surface area contributed by atoms with E-state index in [2.05, 4.69) is 5.32 Å². The van der Waals surface area contributed by atoms with Crippen LogP contribution < -0.4 is 10.9 Å². The van der Waals surface area contributed by atoms with Crippen LogP contribution >= 0.6 is 0 Å². The number of amides is 1. The van der Waals surface area contributed by atoms with Crippen molar-refractivity contribution in [2.45, 2.75) is 32.9 Å². The van der Waals surface area contributed by atoms with Gasteiger partial charge in [0.2, 0.25) is 5.91 Å². The maximum absolute atomic E-state index is 12.5. The zero-order chi connectivity index (χ0) is 17.8. The van der Waals surface area contributed by atoms with Crippen LogP contribution in [0.3, 0.4) is 0 Å². The highest BCUT2D eigenvalue weighted by Crippen LogP contribution is 2.14. The molecule has 3 aromatic rings. The maximum Gasteiger partial charge on any atom is 0.253 e. The van der Waals surface area contributed by atoms with Crippen LogP contribution in [-0.2, 0) is 11.3 Å². The number of nitrogens with zero attached hydrogens (tertiary/aromatic N) is 1. The van der Waals surface area contributed by atoms with E-state index in [1.54, 1.807) is 4.57 Å². The third kappa shape index (κ3) is 3.79. The normalized spacial score (nSPS) is 12.1. The van der Waals surface area contributed by atoms with Gasteiger partial charge in [0, 0.05) is 18.5 Å². The minimum Gasteiger partial charge on any atom is -0.350 e. The number of nitrogens with one attached hydrogen (secondary N) is 1. The Kier molecular flexibility index (Phi) is 4.98. The Bertz CT molecular complexity index is 945. The Morgan fingerprint density at radius 2 is 1.76 bits per heavy atom. The molecule has 1 atom stereocenters. The van der Waals surface area contributed by atoms with Gasteiger partial charge in [-0.1, -0.05) is 48.5 Å². The first-order chi connectivity index (χ1) is 12.1. The zero-order valence-corrected chi connectivity index (χ0v) is 14.5. The van der Waals surface area contributed by atoms with Gasteiger partial charge in [-0.15, -0.1) is 0 Å². The standard InChI is InChI=1S/C21H22N2O2/c1-15-14-18-10-6-7-11-19(18)23(21(15)25)13-12-20(24)22-16(2)17-8-4-3-5-9-17/h3-11,14,16H,12-13H2,1-2H3,(H,22,24). The molecular formula is C21H22N2O2. The smallest absolute Gasteiger partial charge is 0.253 e. The summed E-state index contributed by atoms with van der Waals surface area (Å²) < 4.78 is 1.69. The summed E-state index contributed by atoms with van der Waals surface area (Å²) in [5.74, 6) is -0.0613. The first-order valence-electron chi connectivity index (χ1n) is 8.50. The number of pyridine rings is 1. The molecule has 1 aromatic heterocycles. The second-order valence-electron chi connectivity index (χ2n) is 6.29. The number of aryl methyl sites for hydroxylation is 2. The van der Waals surface area contributed by atoms with Crippen LogP contribution in [0.25, 0.3) is 10.9 Å². The van der Waals surface area contributed by atoms with Gasteiger partial charge in [-0.2, -0.15) is 0 Å². The van der Waals surface area contributed by atoms with Crippen molar-refractivity contribution in [3.8, 4) is 0 Å². The van der Waals surface area contributed by atoms with Crippen molar-refractivity contribution in [3.63, 3.8) is 0 Å². The van der Waals surface area contributed by atoms with Crippen LogP contribution in [0.5, 0.6) is 0 Å². The largest absolute Gasteiger partial charge is 0.350 e. The minimum atomic E-state index is -0.0613. The quantitative estimate of drug-likeness (QED) is 0.775. The number of carbonyl (C=O) groups excluding carboxylic acids is 1. The van der Waals surface area contributed by atoms with Crippen molar-refractivity contribution in [2.24, 2.45) is 0 Å². The molecule has 0 saturated heterocycles. The molecular weight excluding hydrogens is 312 g/mol. The minimum absolute atomic E-state index is 0.0393. The summed E-state index contributed by atoms with van der Waals surface area (Å²) in [6, 6.07) is 19.4. The molecule has 0 bridgehead atoms. The van der Waals surface area contributed by atoms with Gasteiger partial charge < -0.3 is 9.88 Å². The van der Waals surface area contributed by atoms with Gasteiger partial charge in [-0.25, -0.2) is 0 Å². The highest BCUT2D eigenvalue weighted by Gasteiger charge is 2.11. The van der Waals surface area contributed by atoms with Gasteiger partial charge in [-0.3, -0.25) is 9.59 Å². The monoisotopic (exact) mass is 334 g/mol. The summed E-state index contributed by atoms with van der Waals surface area (Å²) >= 11 is 0. The van der Waals surface area contributed by atoms with Gasteiger partial charge in [0.1, 0.15) is 0 Å². The number of rotatable bonds is 5. The fourth-order valence-electron chi connectivity index (χ4n) is 3.05. The Labute approximate surface area is 147 Å². The average molecular weight is 334 g/mol. The van der Waals surface area contributed by atoms with Crippen LogP contribution in [0.4, 0.5) is 0 Å². The Morgan fingerprint density at radius 3 is 2.52 bits per heavy atom. The van der Waals surface area contributed by atoms with Gasteiger partial charge in [0.25, 0.3) is 5.56 Å².